The van der Waals surface area contributed by atoms with Crippen molar-refractivity contribution >= 4 is 33.7 Å². The standard InChI is InChI=1S/C28H21FN8O/c29-19-6-2-5-16(7-19)22-13-31-14-23-24(22)35-27(34-23)25-21-9-18(11-32-26(21)37-36-25)17-8-20(12-30-10-17)33-28(38)15-3-1-4-15/h2,5-15H,1,3-4H2,(H,33,38)(H,34,35)(H,32,36,37). The number of benzene rings is 1. The number of aromatic amines is 2. The summed E-state index contributed by atoms with van der Waals surface area (Å²) in [6.45, 7) is 0. The molecule has 3 N–H and O–H groups in total. The highest BCUT2D eigenvalue weighted by molar-refractivity contribution is 5.97. The van der Waals surface area contributed by atoms with Crippen LogP contribution in [0.2, 0.25) is 0 Å². The molecule has 1 aromatic carbocycles. The van der Waals surface area contributed by atoms with Gasteiger partial charge in [-0.2, -0.15) is 5.10 Å². The predicted octanol–water partition coefficient (Wildman–Crippen LogP) is 5.50. The van der Waals surface area contributed by atoms with E-state index in [0.29, 0.717) is 39.4 Å². The number of fused-ring (bicyclic) bond motifs is 2. The van der Waals surface area contributed by atoms with Gasteiger partial charge in [0.2, 0.25) is 5.91 Å². The van der Waals surface area contributed by atoms with Crippen LogP contribution in [-0.2, 0) is 4.79 Å². The Labute approximate surface area is 215 Å². The molecular weight excluding hydrogens is 483 g/mol. The molecule has 0 radical (unpaired) electrons. The van der Waals surface area contributed by atoms with Gasteiger partial charge in [-0.15, -0.1) is 0 Å². The smallest absolute Gasteiger partial charge is 0.227 e. The summed E-state index contributed by atoms with van der Waals surface area (Å²) in [5.74, 6) is 0.340. The van der Waals surface area contributed by atoms with Crippen LogP contribution >= 0.6 is 0 Å². The second kappa shape index (κ2) is 8.84. The number of nitrogens with one attached hydrogen (secondary N) is 3. The minimum absolute atomic E-state index is 0.0397. The number of carbonyl (C=O) groups is 1. The van der Waals surface area contributed by atoms with Crippen LogP contribution in [0, 0.1) is 11.7 Å². The molecule has 0 spiro atoms. The van der Waals surface area contributed by atoms with Crippen LogP contribution in [0.1, 0.15) is 19.3 Å². The van der Waals surface area contributed by atoms with E-state index in [0.717, 1.165) is 41.3 Å². The summed E-state index contributed by atoms with van der Waals surface area (Å²) in [6.07, 6.45) is 11.4. The third-order valence-electron chi connectivity index (χ3n) is 6.99. The number of nitrogens with zero attached hydrogens (tertiary/aromatic N) is 5. The molecule has 0 atom stereocenters. The van der Waals surface area contributed by atoms with Gasteiger partial charge in [0.1, 0.15) is 11.5 Å². The van der Waals surface area contributed by atoms with Crippen molar-refractivity contribution in [2.24, 2.45) is 5.92 Å². The molecule has 7 rings (SSSR count). The minimum Gasteiger partial charge on any atom is -0.335 e. The number of imidazole rings is 1. The molecule has 1 aliphatic carbocycles. The molecule has 0 unspecified atom stereocenters. The Balaban J connectivity index is 1.26. The monoisotopic (exact) mass is 504 g/mol. The zero-order valence-corrected chi connectivity index (χ0v) is 20.1. The van der Waals surface area contributed by atoms with E-state index in [1.807, 2.05) is 18.2 Å². The van der Waals surface area contributed by atoms with Crippen LogP contribution in [0.25, 0.3) is 55.8 Å². The maximum atomic E-state index is 13.9. The molecule has 10 heteroatoms. The normalized spacial score (nSPS) is 13.6. The average molecular weight is 505 g/mol. The zero-order chi connectivity index (χ0) is 25.6. The minimum atomic E-state index is -0.326. The lowest BCUT2D eigenvalue weighted by Crippen LogP contribution is -2.28. The summed E-state index contributed by atoms with van der Waals surface area (Å²) >= 11 is 0. The highest BCUT2D eigenvalue weighted by atomic mass is 19.1. The number of anilines is 1. The first kappa shape index (κ1) is 22.2. The van der Waals surface area contributed by atoms with Gasteiger partial charge in [0.25, 0.3) is 0 Å². The quantitative estimate of drug-likeness (QED) is 0.285. The zero-order valence-electron chi connectivity index (χ0n) is 20.1. The fourth-order valence-corrected chi connectivity index (χ4v) is 4.74. The highest BCUT2D eigenvalue weighted by Gasteiger charge is 2.25. The van der Waals surface area contributed by atoms with Gasteiger partial charge >= 0.3 is 0 Å². The SMILES string of the molecule is O=C(Nc1cncc(-c2cnc3[nH]nc(-c4nc5c(-c6cccc(F)c6)cncc5[nH]4)c3c2)c1)C1CCC1. The van der Waals surface area contributed by atoms with Gasteiger partial charge in [-0.25, -0.2) is 14.4 Å². The van der Waals surface area contributed by atoms with E-state index in [-0.39, 0.29) is 17.6 Å². The third kappa shape index (κ3) is 3.86. The molecule has 0 aliphatic heterocycles. The lowest BCUT2D eigenvalue weighted by atomic mass is 9.85. The second-order valence-corrected chi connectivity index (χ2v) is 9.45. The first-order valence-corrected chi connectivity index (χ1v) is 12.3. The molecule has 6 aromatic rings. The highest BCUT2D eigenvalue weighted by Crippen LogP contribution is 2.33. The van der Waals surface area contributed by atoms with Crippen LogP contribution in [0.3, 0.4) is 0 Å². The second-order valence-electron chi connectivity index (χ2n) is 9.45. The maximum absolute atomic E-state index is 13.9. The molecule has 5 aromatic heterocycles. The number of hydrogen-bond donors (Lipinski definition) is 3. The Morgan fingerprint density at radius 1 is 0.974 bits per heavy atom. The fourth-order valence-electron chi connectivity index (χ4n) is 4.74. The van der Waals surface area contributed by atoms with Crippen LogP contribution in [0.4, 0.5) is 10.1 Å². The Hall–Kier alpha value is -4.99. The molecule has 38 heavy (non-hydrogen) atoms. The maximum Gasteiger partial charge on any atom is 0.227 e. The molecular formula is C28H21FN8O. The largest absolute Gasteiger partial charge is 0.335 e. The van der Waals surface area contributed by atoms with Crippen LogP contribution < -0.4 is 5.32 Å². The van der Waals surface area contributed by atoms with E-state index in [2.05, 4.69) is 35.5 Å². The van der Waals surface area contributed by atoms with Crippen molar-refractivity contribution in [2.75, 3.05) is 5.32 Å². The van der Waals surface area contributed by atoms with Crippen LogP contribution in [-0.4, -0.2) is 41.0 Å². The topological polar surface area (TPSA) is 125 Å². The van der Waals surface area contributed by atoms with Crippen molar-refractivity contribution in [3.05, 3.63) is 73.2 Å². The van der Waals surface area contributed by atoms with Gasteiger partial charge < -0.3 is 10.3 Å². The lowest BCUT2D eigenvalue weighted by molar-refractivity contribution is -0.122. The number of H-pyrrole nitrogens is 2. The predicted molar refractivity (Wildman–Crippen MR) is 141 cm³/mol. The van der Waals surface area contributed by atoms with Crippen molar-refractivity contribution in [2.45, 2.75) is 19.3 Å². The van der Waals surface area contributed by atoms with Gasteiger partial charge in [0.15, 0.2) is 11.5 Å². The fraction of sp³-hybridized carbons (Fsp3) is 0.143. The number of halogens is 1. The molecule has 1 fully saturated rings. The van der Waals surface area contributed by atoms with Gasteiger partial charge in [-0.05, 0) is 42.7 Å². The summed E-state index contributed by atoms with van der Waals surface area (Å²) in [7, 11) is 0. The number of aromatic nitrogens is 7. The number of pyridine rings is 3. The van der Waals surface area contributed by atoms with E-state index >= 15 is 0 Å². The van der Waals surface area contributed by atoms with Crippen LogP contribution in [0.15, 0.2) is 67.4 Å². The molecule has 186 valence electrons. The summed E-state index contributed by atoms with van der Waals surface area (Å²) in [5, 5.41) is 11.2. The van der Waals surface area contributed by atoms with E-state index < -0.39 is 0 Å². The molecule has 5 heterocycles. The van der Waals surface area contributed by atoms with E-state index in [1.54, 1.807) is 37.1 Å². The third-order valence-corrected chi connectivity index (χ3v) is 6.99. The Kier molecular flexibility index (Phi) is 5.17. The van der Waals surface area contributed by atoms with Gasteiger partial charge in [0.05, 0.1) is 34.5 Å². The van der Waals surface area contributed by atoms with Crippen LogP contribution in [0.5, 0.6) is 0 Å². The Bertz CT molecular complexity index is 1840. The number of hydrogen-bond acceptors (Lipinski definition) is 6. The summed E-state index contributed by atoms with van der Waals surface area (Å²) in [6, 6.07) is 10.2. The molecule has 0 bridgehead atoms. The van der Waals surface area contributed by atoms with Crippen molar-refractivity contribution < 1.29 is 9.18 Å². The van der Waals surface area contributed by atoms with Gasteiger partial charge in [0, 0.05) is 41.2 Å². The van der Waals surface area contributed by atoms with Gasteiger partial charge in [-0.1, -0.05) is 18.6 Å². The van der Waals surface area contributed by atoms with E-state index in [1.165, 1.54) is 12.1 Å². The molecule has 1 amide bonds. The van der Waals surface area contributed by atoms with E-state index in [9.17, 15) is 9.18 Å². The molecule has 1 saturated carbocycles. The Morgan fingerprint density at radius 2 is 1.84 bits per heavy atom. The summed E-state index contributed by atoms with van der Waals surface area (Å²) in [4.78, 5) is 33.7. The van der Waals surface area contributed by atoms with Gasteiger partial charge in [-0.3, -0.25) is 19.9 Å². The first-order valence-electron chi connectivity index (χ1n) is 12.3. The van der Waals surface area contributed by atoms with Crippen molar-refractivity contribution in [3.8, 4) is 33.8 Å². The van der Waals surface area contributed by atoms with Crippen molar-refractivity contribution in [1.82, 2.24) is 35.1 Å². The number of rotatable bonds is 5. The summed E-state index contributed by atoms with van der Waals surface area (Å²) < 4.78 is 13.9. The number of amides is 1. The van der Waals surface area contributed by atoms with E-state index in [4.69, 9.17) is 4.98 Å². The van der Waals surface area contributed by atoms with Crippen molar-refractivity contribution in [1.29, 1.82) is 0 Å². The Morgan fingerprint density at radius 3 is 2.68 bits per heavy atom. The number of carbonyl (C=O) groups excluding carboxylic acids is 1. The average Bonchev–Trinajstić information content (AvgIpc) is 3.51. The molecule has 1 aliphatic rings. The van der Waals surface area contributed by atoms with Crippen molar-refractivity contribution in [3.63, 3.8) is 0 Å². The summed E-state index contributed by atoms with van der Waals surface area (Å²) in [5.41, 5.74) is 6.28. The first-order chi connectivity index (χ1) is 18.6. The molecule has 9 nitrogen and oxygen atoms in total. The lowest BCUT2D eigenvalue weighted by Gasteiger charge is -2.24. The molecule has 0 saturated heterocycles.